The second-order valence-electron chi connectivity index (χ2n) is 11.0. The fourth-order valence-corrected chi connectivity index (χ4v) is 6.62. The van der Waals surface area contributed by atoms with E-state index in [-0.39, 0.29) is 24.3 Å². The maximum Gasteiger partial charge on any atom is 0.331 e. The number of allylic oxidation sites excluding steroid dienone is 5. The highest BCUT2D eigenvalue weighted by Gasteiger charge is 2.62. The Hall–Kier alpha value is -3.20. The number of esters is 1. The third-order valence-corrected chi connectivity index (χ3v) is 8.05. The molecule has 2 aliphatic carbocycles. The first kappa shape index (κ1) is 28.4. The number of aliphatic hydroxyl groups is 1. The first-order chi connectivity index (χ1) is 17.3. The molecular weight excluding hydrogens is 478 g/mol. The SMILES string of the molecule is C/C=C/C=C/C=C/C(=O)O[C@@H]1[C@@H](O)C2=C(C(=O)N(C(CCC(=O)O)C(=O)O)C2)[C@@]2(C)CCCC(C)(C)[C@H]12. The number of carbonyl (C=O) groups is 4. The van der Waals surface area contributed by atoms with E-state index in [9.17, 15) is 29.4 Å². The molecule has 1 fully saturated rings. The number of carbonyl (C=O) groups excluding carboxylic acids is 2. The first-order valence-electron chi connectivity index (χ1n) is 12.7. The molecule has 0 radical (unpaired) electrons. The van der Waals surface area contributed by atoms with E-state index in [1.165, 1.54) is 6.08 Å². The molecule has 3 aliphatic rings. The minimum Gasteiger partial charge on any atom is -0.481 e. The van der Waals surface area contributed by atoms with Gasteiger partial charge in [0.25, 0.3) is 5.91 Å². The van der Waals surface area contributed by atoms with Gasteiger partial charge < -0.3 is 25.0 Å². The van der Waals surface area contributed by atoms with Crippen molar-refractivity contribution in [2.75, 3.05) is 6.54 Å². The van der Waals surface area contributed by atoms with Gasteiger partial charge >= 0.3 is 17.9 Å². The Morgan fingerprint density at radius 3 is 2.41 bits per heavy atom. The van der Waals surface area contributed by atoms with E-state index in [1.54, 1.807) is 18.2 Å². The number of amides is 1. The van der Waals surface area contributed by atoms with Crippen molar-refractivity contribution in [3.63, 3.8) is 0 Å². The summed E-state index contributed by atoms with van der Waals surface area (Å²) in [5, 5.41) is 30.4. The molecule has 3 rings (SSSR count). The third kappa shape index (κ3) is 5.56. The predicted molar refractivity (Wildman–Crippen MR) is 135 cm³/mol. The molecule has 1 amide bonds. The number of nitrogens with zero attached hydrogens (tertiary/aromatic N) is 1. The van der Waals surface area contributed by atoms with E-state index in [4.69, 9.17) is 9.84 Å². The van der Waals surface area contributed by atoms with Crippen molar-refractivity contribution < 1.29 is 39.2 Å². The lowest BCUT2D eigenvalue weighted by Gasteiger charge is -2.57. The van der Waals surface area contributed by atoms with Crippen LogP contribution < -0.4 is 0 Å². The van der Waals surface area contributed by atoms with Crippen LogP contribution in [-0.4, -0.2) is 68.8 Å². The molecule has 0 saturated heterocycles. The highest BCUT2D eigenvalue weighted by molar-refractivity contribution is 6.01. The fourth-order valence-electron chi connectivity index (χ4n) is 6.62. The summed E-state index contributed by atoms with van der Waals surface area (Å²) in [5.74, 6) is -3.94. The molecule has 0 bridgehead atoms. The number of aliphatic carboxylic acids is 2. The van der Waals surface area contributed by atoms with Gasteiger partial charge in [0.2, 0.25) is 0 Å². The molecule has 37 heavy (non-hydrogen) atoms. The molecule has 0 aromatic heterocycles. The summed E-state index contributed by atoms with van der Waals surface area (Å²) in [6, 6.07) is -1.34. The molecule has 202 valence electrons. The van der Waals surface area contributed by atoms with Crippen LogP contribution in [0.3, 0.4) is 0 Å². The summed E-state index contributed by atoms with van der Waals surface area (Å²) < 4.78 is 5.86. The summed E-state index contributed by atoms with van der Waals surface area (Å²) in [6.07, 6.45) is 9.32. The summed E-state index contributed by atoms with van der Waals surface area (Å²) >= 11 is 0. The van der Waals surface area contributed by atoms with E-state index in [0.717, 1.165) is 17.7 Å². The van der Waals surface area contributed by atoms with E-state index >= 15 is 0 Å². The average molecular weight is 516 g/mol. The highest BCUT2D eigenvalue weighted by Crippen LogP contribution is 2.61. The fraction of sp³-hybridized carbons (Fsp3) is 0.571. The van der Waals surface area contributed by atoms with Crippen LogP contribution >= 0.6 is 0 Å². The molecule has 9 nitrogen and oxygen atoms in total. The number of aliphatic hydroxyl groups excluding tert-OH is 1. The number of ether oxygens (including phenoxy) is 1. The maximum atomic E-state index is 13.7. The van der Waals surface area contributed by atoms with Gasteiger partial charge in [0.05, 0.1) is 0 Å². The van der Waals surface area contributed by atoms with Crippen LogP contribution in [0.5, 0.6) is 0 Å². The van der Waals surface area contributed by atoms with Gasteiger partial charge in [-0.3, -0.25) is 9.59 Å². The topological polar surface area (TPSA) is 141 Å². The molecule has 0 aromatic rings. The lowest BCUT2D eigenvalue weighted by Crippen LogP contribution is -2.58. The number of rotatable bonds is 9. The Morgan fingerprint density at radius 1 is 1.11 bits per heavy atom. The van der Waals surface area contributed by atoms with E-state index in [1.807, 2.05) is 39.8 Å². The molecule has 9 heteroatoms. The number of carboxylic acids is 2. The zero-order chi connectivity index (χ0) is 27.5. The zero-order valence-electron chi connectivity index (χ0n) is 21.8. The molecule has 1 unspecified atom stereocenters. The quantitative estimate of drug-likeness (QED) is 0.241. The van der Waals surface area contributed by atoms with Crippen molar-refractivity contribution in [3.05, 3.63) is 47.6 Å². The van der Waals surface area contributed by atoms with Crippen molar-refractivity contribution >= 4 is 23.8 Å². The van der Waals surface area contributed by atoms with Crippen molar-refractivity contribution in [1.82, 2.24) is 4.90 Å². The highest BCUT2D eigenvalue weighted by atomic mass is 16.6. The van der Waals surface area contributed by atoms with Crippen LogP contribution in [0, 0.1) is 16.7 Å². The van der Waals surface area contributed by atoms with Crippen LogP contribution in [-0.2, 0) is 23.9 Å². The largest absolute Gasteiger partial charge is 0.481 e. The Morgan fingerprint density at radius 2 is 1.78 bits per heavy atom. The Labute approximate surface area is 217 Å². The lowest BCUT2D eigenvalue weighted by atomic mass is 9.49. The van der Waals surface area contributed by atoms with Gasteiger partial charge in [-0.2, -0.15) is 0 Å². The minimum atomic E-state index is -1.34. The first-order valence-corrected chi connectivity index (χ1v) is 12.7. The lowest BCUT2D eigenvalue weighted by molar-refractivity contribution is -0.170. The monoisotopic (exact) mass is 515 g/mol. The molecule has 3 N–H and O–H groups in total. The van der Waals surface area contributed by atoms with E-state index in [2.05, 4.69) is 0 Å². The van der Waals surface area contributed by atoms with Crippen molar-refractivity contribution in [1.29, 1.82) is 0 Å². The van der Waals surface area contributed by atoms with Gasteiger partial charge in [-0.25, -0.2) is 9.59 Å². The van der Waals surface area contributed by atoms with Gasteiger partial charge in [0, 0.05) is 35.9 Å². The normalized spacial score (nSPS) is 30.1. The summed E-state index contributed by atoms with van der Waals surface area (Å²) in [5.41, 5.74) is -0.386. The minimum absolute atomic E-state index is 0.148. The smallest absolute Gasteiger partial charge is 0.331 e. The number of hydrogen-bond donors (Lipinski definition) is 3. The van der Waals surface area contributed by atoms with Gasteiger partial charge in [-0.05, 0) is 37.2 Å². The Kier molecular flexibility index (Phi) is 8.47. The summed E-state index contributed by atoms with van der Waals surface area (Å²) in [7, 11) is 0. The van der Waals surface area contributed by atoms with Crippen LogP contribution in [0.15, 0.2) is 47.6 Å². The van der Waals surface area contributed by atoms with Crippen molar-refractivity contribution in [2.45, 2.75) is 78.0 Å². The van der Waals surface area contributed by atoms with Crippen molar-refractivity contribution in [3.8, 4) is 0 Å². The molecular formula is C28H37NO8. The Bertz CT molecular complexity index is 1070. The molecule has 0 aromatic carbocycles. The zero-order valence-corrected chi connectivity index (χ0v) is 21.8. The van der Waals surface area contributed by atoms with Gasteiger partial charge in [-0.15, -0.1) is 0 Å². The second kappa shape index (κ2) is 11.0. The molecule has 1 saturated carbocycles. The molecule has 1 aliphatic heterocycles. The van der Waals surface area contributed by atoms with Crippen LogP contribution in [0.1, 0.15) is 59.8 Å². The van der Waals surface area contributed by atoms with Crippen molar-refractivity contribution in [2.24, 2.45) is 16.7 Å². The number of fused-ring (bicyclic) bond motifs is 2. The van der Waals surface area contributed by atoms with Crippen LogP contribution in [0.4, 0.5) is 0 Å². The van der Waals surface area contributed by atoms with E-state index < -0.39 is 53.9 Å². The van der Waals surface area contributed by atoms with Gasteiger partial charge in [0.15, 0.2) is 0 Å². The third-order valence-electron chi connectivity index (χ3n) is 8.05. The second-order valence-corrected chi connectivity index (χ2v) is 11.0. The average Bonchev–Trinajstić information content (AvgIpc) is 3.14. The van der Waals surface area contributed by atoms with Crippen LogP contribution in [0.2, 0.25) is 0 Å². The summed E-state index contributed by atoms with van der Waals surface area (Å²) in [4.78, 5) is 50.7. The van der Waals surface area contributed by atoms with Gasteiger partial charge in [-0.1, -0.05) is 57.6 Å². The standard InChI is InChI=1S/C28H37NO8/c1-5-6-7-8-9-11-20(32)37-23-22(33)17-16-29(18(26(35)36)12-13-19(30)31)25(34)21(17)28(4)15-10-14-27(2,3)24(23)28/h5-9,11,18,22-24,33H,10,12-16H2,1-4H3,(H,30,31)(H,35,36)/b6-5+,8-7+,11-9+/t18?,22-,23+,24-,28+/m0/s1. The number of hydrogen-bond acceptors (Lipinski definition) is 6. The molecule has 1 heterocycles. The summed E-state index contributed by atoms with van der Waals surface area (Å²) in [6.45, 7) is 7.73. The van der Waals surface area contributed by atoms with Gasteiger partial charge in [0.1, 0.15) is 18.2 Å². The maximum absolute atomic E-state index is 13.7. The predicted octanol–water partition coefficient (Wildman–Crippen LogP) is 3.25. The van der Waals surface area contributed by atoms with Crippen LogP contribution in [0.25, 0.3) is 0 Å². The number of carboxylic acid groups (broad SMARTS) is 2. The van der Waals surface area contributed by atoms with E-state index in [0.29, 0.717) is 17.6 Å². The Balaban J connectivity index is 1.98. The molecule has 0 spiro atoms. The molecule has 5 atom stereocenters.